The van der Waals surface area contributed by atoms with Crippen molar-refractivity contribution in [2.24, 2.45) is 7.05 Å². The first kappa shape index (κ1) is 14.6. The lowest BCUT2D eigenvalue weighted by atomic mass is 10.0. The van der Waals surface area contributed by atoms with Gasteiger partial charge in [0.05, 0.1) is 12.0 Å². The predicted molar refractivity (Wildman–Crippen MR) is 79.3 cm³/mol. The van der Waals surface area contributed by atoms with Crippen LogP contribution in [0.25, 0.3) is 0 Å². The highest BCUT2D eigenvalue weighted by Gasteiger charge is 2.23. The van der Waals surface area contributed by atoms with Gasteiger partial charge in [-0.05, 0) is 23.6 Å². The molecule has 2 rings (SSSR count). The highest BCUT2D eigenvalue weighted by molar-refractivity contribution is 7.92. The number of nitrogens with zero attached hydrogens (tertiary/aromatic N) is 3. The van der Waals surface area contributed by atoms with Crippen LogP contribution in [-0.2, 0) is 17.1 Å². The van der Waals surface area contributed by atoms with Crippen LogP contribution in [0.3, 0.4) is 0 Å². The quantitative estimate of drug-likeness (QED) is 0.869. The molecule has 2 aromatic rings. The minimum atomic E-state index is -3.61. The van der Waals surface area contributed by atoms with Crippen molar-refractivity contribution in [3.8, 4) is 0 Å². The van der Waals surface area contributed by atoms with E-state index in [4.69, 9.17) is 0 Å². The maximum atomic E-state index is 12.5. The number of sulfonamides is 1. The van der Waals surface area contributed by atoms with E-state index in [9.17, 15) is 8.42 Å². The van der Waals surface area contributed by atoms with Crippen LogP contribution >= 0.6 is 0 Å². The van der Waals surface area contributed by atoms with Crippen LogP contribution in [-0.4, -0.2) is 25.0 Å². The molecule has 0 amide bonds. The Bertz CT molecular complexity index is 705. The number of imidazole rings is 1. The highest BCUT2D eigenvalue weighted by atomic mass is 32.2. The van der Waals surface area contributed by atoms with Crippen LogP contribution in [0.5, 0.6) is 0 Å². The second kappa shape index (κ2) is 5.28. The third kappa shape index (κ3) is 2.70. The first-order chi connectivity index (χ1) is 9.32. The summed E-state index contributed by atoms with van der Waals surface area (Å²) < 4.78 is 27.8. The van der Waals surface area contributed by atoms with Gasteiger partial charge in [-0.2, -0.15) is 8.42 Å². The molecule has 0 saturated carbocycles. The molecule has 0 aliphatic carbocycles. The molecular formula is C14H19N3O2S. The average Bonchev–Trinajstić information content (AvgIpc) is 2.85. The zero-order chi connectivity index (χ0) is 14.9. The van der Waals surface area contributed by atoms with Crippen molar-refractivity contribution in [2.75, 3.05) is 11.4 Å². The Morgan fingerprint density at radius 1 is 1.30 bits per heavy atom. The Kier molecular flexibility index (Phi) is 3.85. The largest absolute Gasteiger partial charge is 0.339 e. The molecule has 6 heteroatoms. The van der Waals surface area contributed by atoms with E-state index < -0.39 is 10.0 Å². The second-order valence-electron chi connectivity index (χ2n) is 5.10. The third-order valence-electron chi connectivity index (χ3n) is 3.21. The molecule has 0 saturated heterocycles. The summed E-state index contributed by atoms with van der Waals surface area (Å²) in [6.07, 6.45) is 2.98. The van der Waals surface area contributed by atoms with Crippen molar-refractivity contribution in [1.82, 2.24) is 9.55 Å². The maximum absolute atomic E-state index is 12.5. The first-order valence-corrected chi connectivity index (χ1v) is 7.83. The number of aryl methyl sites for hydroxylation is 1. The minimum absolute atomic E-state index is 0.0532. The maximum Gasteiger partial charge on any atom is 0.283 e. The fourth-order valence-corrected chi connectivity index (χ4v) is 3.03. The summed E-state index contributed by atoms with van der Waals surface area (Å²) in [5.41, 5.74) is 1.74. The normalized spacial score (nSPS) is 11.8. The van der Waals surface area contributed by atoms with Gasteiger partial charge in [0.1, 0.15) is 0 Å². The summed E-state index contributed by atoms with van der Waals surface area (Å²) >= 11 is 0. The molecule has 0 aliphatic heterocycles. The summed E-state index contributed by atoms with van der Waals surface area (Å²) in [4.78, 5) is 3.92. The van der Waals surface area contributed by atoms with Crippen molar-refractivity contribution in [2.45, 2.75) is 24.8 Å². The van der Waals surface area contributed by atoms with Gasteiger partial charge in [0.15, 0.2) is 5.03 Å². The Morgan fingerprint density at radius 3 is 2.55 bits per heavy atom. The van der Waals surface area contributed by atoms with Crippen molar-refractivity contribution in [1.29, 1.82) is 0 Å². The molecule has 0 fully saturated rings. The van der Waals surface area contributed by atoms with Gasteiger partial charge in [-0.25, -0.2) is 4.98 Å². The van der Waals surface area contributed by atoms with E-state index in [1.54, 1.807) is 24.7 Å². The van der Waals surface area contributed by atoms with Gasteiger partial charge < -0.3 is 4.57 Å². The van der Waals surface area contributed by atoms with Crippen LogP contribution in [0.15, 0.2) is 41.8 Å². The lowest BCUT2D eigenvalue weighted by Crippen LogP contribution is -2.27. The minimum Gasteiger partial charge on any atom is -0.339 e. The molecule has 0 atom stereocenters. The molecule has 20 heavy (non-hydrogen) atoms. The van der Waals surface area contributed by atoms with Crippen molar-refractivity contribution in [3.63, 3.8) is 0 Å². The van der Waals surface area contributed by atoms with E-state index in [0.29, 0.717) is 11.6 Å². The van der Waals surface area contributed by atoms with Gasteiger partial charge in [-0.1, -0.05) is 26.0 Å². The Morgan fingerprint density at radius 2 is 2.00 bits per heavy atom. The van der Waals surface area contributed by atoms with E-state index in [2.05, 4.69) is 18.8 Å². The van der Waals surface area contributed by atoms with Crippen molar-refractivity contribution < 1.29 is 8.42 Å². The Labute approximate surface area is 119 Å². The average molecular weight is 293 g/mol. The van der Waals surface area contributed by atoms with Crippen molar-refractivity contribution >= 4 is 15.7 Å². The fourth-order valence-electron chi connectivity index (χ4n) is 1.88. The van der Waals surface area contributed by atoms with Gasteiger partial charge in [0.2, 0.25) is 0 Å². The van der Waals surface area contributed by atoms with Gasteiger partial charge in [0, 0.05) is 20.3 Å². The first-order valence-electron chi connectivity index (χ1n) is 6.39. The van der Waals surface area contributed by atoms with Crippen LogP contribution in [0.2, 0.25) is 0 Å². The molecular weight excluding hydrogens is 274 g/mol. The van der Waals surface area contributed by atoms with E-state index in [-0.39, 0.29) is 5.03 Å². The number of hydrogen-bond acceptors (Lipinski definition) is 3. The van der Waals surface area contributed by atoms with Crippen LogP contribution in [0.1, 0.15) is 25.3 Å². The molecule has 0 aliphatic rings. The number of aromatic nitrogens is 2. The predicted octanol–water partition coefficient (Wildman–Crippen LogP) is 2.37. The number of hydrogen-bond donors (Lipinski definition) is 0. The summed E-state index contributed by atoms with van der Waals surface area (Å²) in [7, 11) is -0.326. The van der Waals surface area contributed by atoms with Gasteiger partial charge in [-0.3, -0.25) is 4.31 Å². The van der Waals surface area contributed by atoms with Crippen molar-refractivity contribution in [3.05, 3.63) is 42.4 Å². The summed E-state index contributed by atoms with van der Waals surface area (Å²) in [6, 6.07) is 7.54. The smallest absolute Gasteiger partial charge is 0.283 e. The van der Waals surface area contributed by atoms with E-state index >= 15 is 0 Å². The number of benzene rings is 1. The second-order valence-corrected chi connectivity index (χ2v) is 7.02. The summed E-state index contributed by atoms with van der Waals surface area (Å²) in [5, 5.41) is 0.0532. The molecule has 108 valence electrons. The number of anilines is 1. The molecule has 0 spiro atoms. The van der Waals surface area contributed by atoms with Gasteiger partial charge in [0.25, 0.3) is 10.0 Å². The summed E-state index contributed by atoms with van der Waals surface area (Å²) in [5.74, 6) is 0.348. The highest BCUT2D eigenvalue weighted by Crippen LogP contribution is 2.24. The molecule has 0 bridgehead atoms. The lowest BCUT2D eigenvalue weighted by molar-refractivity contribution is 0.591. The summed E-state index contributed by atoms with van der Waals surface area (Å²) in [6.45, 7) is 4.15. The molecule has 1 aromatic carbocycles. The van der Waals surface area contributed by atoms with E-state index in [1.807, 2.05) is 18.2 Å². The van der Waals surface area contributed by atoms with Crippen LogP contribution in [0, 0.1) is 0 Å². The third-order valence-corrected chi connectivity index (χ3v) is 4.88. The fraction of sp³-hybridized carbons (Fsp3) is 0.357. The molecule has 1 aromatic heterocycles. The lowest BCUT2D eigenvalue weighted by Gasteiger charge is -2.19. The number of rotatable bonds is 4. The molecule has 5 nitrogen and oxygen atoms in total. The molecule has 0 N–H and O–H groups in total. The standard InChI is InChI=1S/C14H19N3O2S/c1-11(2)12-6-5-7-13(8-12)17(4)20(18,19)14-9-16(3)10-15-14/h5-11H,1-4H3. The van der Waals surface area contributed by atoms with Crippen LogP contribution < -0.4 is 4.31 Å². The van der Waals surface area contributed by atoms with Gasteiger partial charge in [-0.15, -0.1) is 0 Å². The molecule has 0 radical (unpaired) electrons. The van der Waals surface area contributed by atoms with E-state index in [0.717, 1.165) is 5.56 Å². The SMILES string of the molecule is CC(C)c1cccc(N(C)S(=O)(=O)c2cn(C)cn2)c1. The zero-order valence-electron chi connectivity index (χ0n) is 12.1. The van der Waals surface area contributed by atoms with Gasteiger partial charge >= 0.3 is 0 Å². The Hall–Kier alpha value is -1.82. The topological polar surface area (TPSA) is 55.2 Å². The van der Waals surface area contributed by atoms with E-state index in [1.165, 1.54) is 16.8 Å². The Balaban J connectivity index is 2.40. The monoisotopic (exact) mass is 293 g/mol. The zero-order valence-corrected chi connectivity index (χ0v) is 12.9. The molecule has 1 heterocycles. The molecule has 0 unspecified atom stereocenters. The van der Waals surface area contributed by atoms with Crippen LogP contribution in [0.4, 0.5) is 5.69 Å².